The third-order valence-electron chi connectivity index (χ3n) is 2.77. The molecule has 0 amide bonds. The van der Waals surface area contributed by atoms with E-state index in [0.717, 1.165) is 27.5 Å². The molecule has 98 valence electrons. The second kappa shape index (κ2) is 6.09. The van der Waals surface area contributed by atoms with Gasteiger partial charge in [-0.2, -0.15) is 0 Å². The van der Waals surface area contributed by atoms with Crippen LogP contribution in [0.25, 0.3) is 0 Å². The average Bonchev–Trinajstić information content (AvgIpc) is 2.38. The molecule has 0 aromatic heterocycles. The lowest BCUT2D eigenvalue weighted by Gasteiger charge is -2.03. The van der Waals surface area contributed by atoms with Crippen molar-refractivity contribution in [3.63, 3.8) is 0 Å². The van der Waals surface area contributed by atoms with E-state index in [1.807, 2.05) is 50.2 Å². The maximum Gasteiger partial charge on any atom is 0.0930 e. The van der Waals surface area contributed by atoms with Crippen LogP contribution in [0.3, 0.4) is 0 Å². The van der Waals surface area contributed by atoms with Crippen LogP contribution in [0, 0.1) is 13.8 Å². The highest BCUT2D eigenvalue weighted by Gasteiger charge is 1.97. The number of aryl methyl sites for hydroxylation is 2. The van der Waals surface area contributed by atoms with Crippen molar-refractivity contribution in [2.45, 2.75) is 13.8 Å². The average molecular weight is 293 g/mol. The monoisotopic (exact) mass is 292 g/mol. The fraction of sp³-hybridized carbons (Fsp3) is 0.133. The first kappa shape index (κ1) is 13.9. The molecule has 2 rings (SSSR count). The lowest BCUT2D eigenvalue weighted by Crippen LogP contribution is -1.94. The van der Waals surface area contributed by atoms with E-state index in [-0.39, 0.29) is 0 Å². The van der Waals surface area contributed by atoms with Crippen LogP contribution < -0.4 is 5.32 Å². The summed E-state index contributed by atoms with van der Waals surface area (Å²) in [6, 6.07) is 11.5. The highest BCUT2D eigenvalue weighted by molar-refractivity contribution is 6.32. The quantitative estimate of drug-likeness (QED) is 0.596. The Labute approximate surface area is 123 Å². The topological polar surface area (TPSA) is 24.4 Å². The van der Waals surface area contributed by atoms with E-state index < -0.39 is 0 Å². The second-order valence-corrected chi connectivity index (χ2v) is 5.11. The fourth-order valence-corrected chi connectivity index (χ4v) is 1.88. The van der Waals surface area contributed by atoms with Gasteiger partial charge in [-0.05, 0) is 49.2 Å². The number of aliphatic imine (C=N–C) groups is 1. The Hall–Kier alpha value is -1.51. The first-order valence-corrected chi connectivity index (χ1v) is 6.63. The number of anilines is 1. The van der Waals surface area contributed by atoms with Gasteiger partial charge in [-0.15, -0.1) is 0 Å². The third-order valence-corrected chi connectivity index (χ3v) is 3.59. The molecule has 2 aromatic carbocycles. The predicted molar refractivity (Wildman–Crippen MR) is 84.2 cm³/mol. The zero-order valence-electron chi connectivity index (χ0n) is 10.7. The van der Waals surface area contributed by atoms with Gasteiger partial charge in [-0.3, -0.25) is 0 Å². The Kier molecular flexibility index (Phi) is 4.46. The molecule has 1 N–H and O–H groups in total. The molecule has 0 atom stereocenters. The number of benzene rings is 2. The van der Waals surface area contributed by atoms with Crippen molar-refractivity contribution in [3.8, 4) is 0 Å². The van der Waals surface area contributed by atoms with Crippen LogP contribution in [-0.4, -0.2) is 6.34 Å². The number of nitrogens with one attached hydrogen (secondary N) is 1. The molecule has 2 aromatic rings. The summed E-state index contributed by atoms with van der Waals surface area (Å²) in [5.41, 5.74) is 3.80. The van der Waals surface area contributed by atoms with Crippen molar-refractivity contribution >= 4 is 40.9 Å². The minimum Gasteiger partial charge on any atom is -0.346 e. The fourth-order valence-electron chi connectivity index (χ4n) is 1.53. The van der Waals surface area contributed by atoms with E-state index in [2.05, 4.69) is 10.3 Å². The SMILES string of the molecule is Cc1ccc(N=CNc2ccc(C)c(Cl)c2)cc1Cl. The molecule has 4 heteroatoms. The van der Waals surface area contributed by atoms with Crippen molar-refractivity contribution in [1.29, 1.82) is 0 Å². The molecular formula is C15H14Cl2N2. The van der Waals surface area contributed by atoms with Crippen LogP contribution in [0.1, 0.15) is 11.1 Å². The number of halogens is 2. The summed E-state index contributed by atoms with van der Waals surface area (Å²) in [6.07, 6.45) is 1.63. The summed E-state index contributed by atoms with van der Waals surface area (Å²) in [5.74, 6) is 0. The molecule has 0 saturated carbocycles. The van der Waals surface area contributed by atoms with Crippen LogP contribution >= 0.6 is 23.2 Å². The number of hydrogen-bond acceptors (Lipinski definition) is 1. The molecule has 0 heterocycles. The van der Waals surface area contributed by atoms with E-state index >= 15 is 0 Å². The number of nitrogens with zero attached hydrogens (tertiary/aromatic N) is 1. The van der Waals surface area contributed by atoms with Crippen molar-refractivity contribution in [1.82, 2.24) is 0 Å². The molecule has 0 unspecified atom stereocenters. The normalized spacial score (nSPS) is 10.9. The van der Waals surface area contributed by atoms with Crippen LogP contribution in [-0.2, 0) is 0 Å². The first-order chi connectivity index (χ1) is 9.06. The second-order valence-electron chi connectivity index (χ2n) is 4.30. The summed E-state index contributed by atoms with van der Waals surface area (Å²) in [7, 11) is 0. The number of rotatable bonds is 3. The van der Waals surface area contributed by atoms with E-state index in [9.17, 15) is 0 Å². The van der Waals surface area contributed by atoms with Crippen LogP contribution in [0.2, 0.25) is 10.0 Å². The zero-order chi connectivity index (χ0) is 13.8. The summed E-state index contributed by atoms with van der Waals surface area (Å²) in [6.45, 7) is 3.93. The molecular weight excluding hydrogens is 279 g/mol. The predicted octanol–water partition coefficient (Wildman–Crippen LogP) is 5.38. The zero-order valence-corrected chi connectivity index (χ0v) is 12.3. The Bertz CT molecular complexity index is 622. The minimum absolute atomic E-state index is 0.716. The molecule has 0 bridgehead atoms. The van der Waals surface area contributed by atoms with Gasteiger partial charge in [0.05, 0.1) is 12.0 Å². The van der Waals surface area contributed by atoms with Crippen molar-refractivity contribution in [2.24, 2.45) is 4.99 Å². The molecule has 0 saturated heterocycles. The first-order valence-electron chi connectivity index (χ1n) is 5.87. The molecule has 0 aliphatic rings. The Balaban J connectivity index is 2.06. The van der Waals surface area contributed by atoms with Gasteiger partial charge in [-0.1, -0.05) is 35.3 Å². The highest BCUT2D eigenvalue weighted by atomic mass is 35.5. The molecule has 0 aliphatic carbocycles. The van der Waals surface area contributed by atoms with Crippen LogP contribution in [0.15, 0.2) is 41.4 Å². The van der Waals surface area contributed by atoms with Crippen molar-refractivity contribution in [2.75, 3.05) is 5.32 Å². The van der Waals surface area contributed by atoms with Gasteiger partial charge >= 0.3 is 0 Å². The lowest BCUT2D eigenvalue weighted by molar-refractivity contribution is 1.43. The van der Waals surface area contributed by atoms with Gasteiger partial charge < -0.3 is 5.32 Å². The van der Waals surface area contributed by atoms with Gasteiger partial charge in [0, 0.05) is 15.7 Å². The Morgan fingerprint density at radius 3 is 2.21 bits per heavy atom. The molecule has 0 fully saturated rings. The van der Waals surface area contributed by atoms with E-state index in [0.29, 0.717) is 5.02 Å². The summed E-state index contributed by atoms with van der Waals surface area (Å²) < 4.78 is 0. The van der Waals surface area contributed by atoms with Gasteiger partial charge in [-0.25, -0.2) is 4.99 Å². The molecule has 0 radical (unpaired) electrons. The van der Waals surface area contributed by atoms with Gasteiger partial charge in [0.25, 0.3) is 0 Å². The maximum absolute atomic E-state index is 6.05. The molecule has 19 heavy (non-hydrogen) atoms. The van der Waals surface area contributed by atoms with Gasteiger partial charge in [0.2, 0.25) is 0 Å². The molecule has 0 aliphatic heterocycles. The highest BCUT2D eigenvalue weighted by Crippen LogP contribution is 2.22. The molecule has 2 nitrogen and oxygen atoms in total. The summed E-state index contributed by atoms with van der Waals surface area (Å²) in [5, 5.41) is 4.52. The summed E-state index contributed by atoms with van der Waals surface area (Å²) in [4.78, 5) is 4.29. The maximum atomic E-state index is 6.05. The van der Waals surface area contributed by atoms with E-state index in [4.69, 9.17) is 23.2 Å². The Morgan fingerprint density at radius 1 is 0.947 bits per heavy atom. The lowest BCUT2D eigenvalue weighted by atomic mass is 10.2. The van der Waals surface area contributed by atoms with Gasteiger partial charge in [0.1, 0.15) is 0 Å². The van der Waals surface area contributed by atoms with Crippen LogP contribution in [0.4, 0.5) is 11.4 Å². The van der Waals surface area contributed by atoms with Crippen molar-refractivity contribution in [3.05, 3.63) is 57.6 Å². The van der Waals surface area contributed by atoms with Crippen LogP contribution in [0.5, 0.6) is 0 Å². The summed E-state index contributed by atoms with van der Waals surface area (Å²) >= 11 is 12.1. The smallest absolute Gasteiger partial charge is 0.0930 e. The van der Waals surface area contributed by atoms with Gasteiger partial charge in [0.15, 0.2) is 0 Å². The Morgan fingerprint density at radius 2 is 1.58 bits per heavy atom. The van der Waals surface area contributed by atoms with Crippen molar-refractivity contribution < 1.29 is 0 Å². The third kappa shape index (κ3) is 3.72. The standard InChI is InChI=1S/C15H14Cl2N2/c1-10-3-5-12(7-14(10)16)18-9-19-13-6-4-11(2)15(17)8-13/h3-9H,1-2H3,(H,18,19). The largest absolute Gasteiger partial charge is 0.346 e. The molecule has 0 spiro atoms. The number of hydrogen-bond donors (Lipinski definition) is 1. The van der Waals surface area contributed by atoms with E-state index in [1.54, 1.807) is 6.34 Å². The minimum atomic E-state index is 0.716. The van der Waals surface area contributed by atoms with E-state index in [1.165, 1.54) is 0 Å².